The van der Waals surface area contributed by atoms with Crippen LogP contribution >= 0.6 is 11.3 Å². The lowest BCUT2D eigenvalue weighted by Crippen LogP contribution is -2.42. The van der Waals surface area contributed by atoms with Gasteiger partial charge >= 0.3 is 5.69 Å². The van der Waals surface area contributed by atoms with Crippen LogP contribution in [0.15, 0.2) is 18.2 Å². The molecule has 1 amide bonds. The molecule has 2 aromatic rings. The average Bonchev–Trinajstić information content (AvgIpc) is 3.01. The summed E-state index contributed by atoms with van der Waals surface area (Å²) < 4.78 is 5.54. The molecule has 8 heteroatoms. The Bertz CT molecular complexity index is 941. The number of rotatable bonds is 7. The lowest BCUT2D eigenvalue weighted by molar-refractivity contribution is -0.385. The molecule has 0 fully saturated rings. The predicted molar refractivity (Wildman–Crippen MR) is 110 cm³/mol. The second-order valence-electron chi connectivity index (χ2n) is 7.30. The first-order chi connectivity index (χ1) is 13.0. The number of carbonyl (C=O) groups is 1. The molecule has 0 aliphatic carbocycles. The Kier molecular flexibility index (Phi) is 6.41. The fourth-order valence-electron chi connectivity index (χ4n) is 2.28. The Morgan fingerprint density at radius 3 is 2.71 bits per heavy atom. The minimum absolute atomic E-state index is 0.134. The van der Waals surface area contributed by atoms with Gasteiger partial charge in [0.2, 0.25) is 0 Å². The van der Waals surface area contributed by atoms with Gasteiger partial charge in [-0.3, -0.25) is 14.9 Å². The number of ether oxygens (including phenoxy) is 1. The summed E-state index contributed by atoms with van der Waals surface area (Å²) in [7, 11) is 0. The van der Waals surface area contributed by atoms with Gasteiger partial charge in [-0.25, -0.2) is 4.98 Å². The van der Waals surface area contributed by atoms with Gasteiger partial charge in [-0.15, -0.1) is 17.8 Å². The quantitative estimate of drug-likeness (QED) is 0.426. The topological polar surface area (TPSA) is 94.4 Å². The number of terminal acetylenes is 1. The van der Waals surface area contributed by atoms with Crippen molar-refractivity contribution in [2.75, 3.05) is 6.61 Å². The van der Waals surface area contributed by atoms with Gasteiger partial charge in [-0.05, 0) is 38.8 Å². The maximum atomic E-state index is 12.5. The molecule has 0 unspecified atom stereocenters. The Morgan fingerprint density at radius 1 is 1.46 bits per heavy atom. The zero-order valence-corrected chi connectivity index (χ0v) is 17.3. The molecule has 28 heavy (non-hydrogen) atoms. The Balaban J connectivity index is 2.36. The molecule has 0 aliphatic rings. The predicted octanol–water partition coefficient (Wildman–Crippen LogP) is 4.20. The van der Waals surface area contributed by atoms with Crippen LogP contribution in [0.1, 0.15) is 43.1 Å². The van der Waals surface area contributed by atoms with Crippen molar-refractivity contribution in [2.24, 2.45) is 5.92 Å². The number of nitrogens with one attached hydrogen (secondary N) is 1. The first-order valence-corrected chi connectivity index (χ1v) is 9.55. The molecule has 1 aromatic carbocycles. The molecule has 1 N–H and O–H groups in total. The third-order valence-electron chi connectivity index (χ3n) is 3.76. The number of aromatic nitrogens is 1. The van der Waals surface area contributed by atoms with Crippen molar-refractivity contribution in [1.29, 1.82) is 0 Å². The lowest BCUT2D eigenvalue weighted by atomic mass is 10.1. The maximum absolute atomic E-state index is 12.5. The van der Waals surface area contributed by atoms with Gasteiger partial charge in [0.25, 0.3) is 5.91 Å². The molecule has 0 bridgehead atoms. The van der Waals surface area contributed by atoms with Crippen LogP contribution in [0, 0.1) is 35.3 Å². The van der Waals surface area contributed by atoms with Crippen LogP contribution in [0.2, 0.25) is 0 Å². The summed E-state index contributed by atoms with van der Waals surface area (Å²) in [6.07, 6.45) is 5.42. The molecular weight excluding hydrogens is 378 g/mol. The highest BCUT2D eigenvalue weighted by molar-refractivity contribution is 7.17. The van der Waals surface area contributed by atoms with Crippen LogP contribution in [0.25, 0.3) is 10.6 Å². The van der Waals surface area contributed by atoms with E-state index in [0.29, 0.717) is 27.7 Å². The van der Waals surface area contributed by atoms with E-state index in [9.17, 15) is 14.9 Å². The Labute approximate surface area is 168 Å². The van der Waals surface area contributed by atoms with Gasteiger partial charge in [0.15, 0.2) is 5.75 Å². The van der Waals surface area contributed by atoms with Crippen molar-refractivity contribution in [2.45, 2.75) is 40.2 Å². The third kappa shape index (κ3) is 5.08. The maximum Gasteiger partial charge on any atom is 0.311 e. The number of hydrogen-bond acceptors (Lipinski definition) is 6. The molecule has 1 heterocycles. The van der Waals surface area contributed by atoms with Gasteiger partial charge in [-0.2, -0.15) is 0 Å². The third-order valence-corrected chi connectivity index (χ3v) is 4.97. The summed E-state index contributed by atoms with van der Waals surface area (Å²) in [5, 5.41) is 14.7. The van der Waals surface area contributed by atoms with Crippen molar-refractivity contribution < 1.29 is 14.5 Å². The van der Waals surface area contributed by atoms with Crippen LogP contribution < -0.4 is 10.1 Å². The van der Waals surface area contributed by atoms with Gasteiger partial charge in [-0.1, -0.05) is 19.8 Å². The summed E-state index contributed by atoms with van der Waals surface area (Å²) in [5.41, 5.74) is 0.160. The number of nitro groups is 1. The molecule has 7 nitrogen and oxygen atoms in total. The normalized spacial score (nSPS) is 11.2. The largest absolute Gasteiger partial charge is 0.487 e. The fourth-order valence-corrected chi connectivity index (χ4v) is 3.24. The molecule has 2 rings (SSSR count). The Hall–Kier alpha value is -2.92. The number of aryl methyl sites for hydroxylation is 1. The number of hydrogen-bond donors (Lipinski definition) is 1. The molecule has 0 saturated carbocycles. The second kappa shape index (κ2) is 8.40. The monoisotopic (exact) mass is 401 g/mol. The van der Waals surface area contributed by atoms with Crippen molar-refractivity contribution in [3.05, 3.63) is 38.9 Å². The molecule has 0 radical (unpaired) electrons. The number of nitro benzene ring substituents is 1. The van der Waals surface area contributed by atoms with E-state index in [1.165, 1.54) is 6.07 Å². The highest BCUT2D eigenvalue weighted by Crippen LogP contribution is 2.35. The van der Waals surface area contributed by atoms with Crippen LogP contribution in [0.4, 0.5) is 5.69 Å². The van der Waals surface area contributed by atoms with E-state index in [0.717, 1.165) is 11.3 Å². The van der Waals surface area contributed by atoms with E-state index in [4.69, 9.17) is 11.2 Å². The first-order valence-electron chi connectivity index (χ1n) is 8.73. The van der Waals surface area contributed by atoms with Crippen molar-refractivity contribution in [3.8, 4) is 28.7 Å². The van der Waals surface area contributed by atoms with E-state index < -0.39 is 10.5 Å². The van der Waals surface area contributed by atoms with Gasteiger partial charge < -0.3 is 10.1 Å². The van der Waals surface area contributed by atoms with Crippen molar-refractivity contribution >= 4 is 22.9 Å². The molecule has 0 saturated heterocycles. The van der Waals surface area contributed by atoms with Gasteiger partial charge in [0.1, 0.15) is 9.88 Å². The first kappa shape index (κ1) is 21.4. The molecule has 0 atom stereocenters. The minimum Gasteiger partial charge on any atom is -0.487 e. The summed E-state index contributed by atoms with van der Waals surface area (Å²) >= 11 is 1.16. The number of nitrogens with zero attached hydrogens (tertiary/aromatic N) is 2. The van der Waals surface area contributed by atoms with Gasteiger partial charge in [0.05, 0.1) is 22.8 Å². The zero-order chi connectivity index (χ0) is 21.1. The van der Waals surface area contributed by atoms with E-state index in [1.54, 1.807) is 32.9 Å². The summed E-state index contributed by atoms with van der Waals surface area (Å²) in [4.78, 5) is 28.3. The molecule has 0 aliphatic heterocycles. The molecular formula is C20H23N3O4S. The van der Waals surface area contributed by atoms with Crippen LogP contribution in [0.5, 0.6) is 5.75 Å². The summed E-state index contributed by atoms with van der Waals surface area (Å²) in [6.45, 7) is 9.47. The second-order valence-corrected chi connectivity index (χ2v) is 8.30. The minimum atomic E-state index is -0.790. The fraction of sp³-hybridized carbons (Fsp3) is 0.400. The smallest absolute Gasteiger partial charge is 0.311 e. The molecule has 148 valence electrons. The van der Waals surface area contributed by atoms with E-state index in [1.807, 2.05) is 13.8 Å². The number of benzene rings is 1. The van der Waals surface area contributed by atoms with E-state index in [2.05, 4.69) is 16.2 Å². The summed E-state index contributed by atoms with van der Waals surface area (Å²) in [6, 6.07) is 4.68. The van der Waals surface area contributed by atoms with E-state index in [-0.39, 0.29) is 23.3 Å². The van der Waals surface area contributed by atoms with Crippen LogP contribution in [0.3, 0.4) is 0 Å². The SMILES string of the molecule is C#CC(C)(C)NC(=O)c1sc(-c2ccc(OCC(C)C)c([N+](=O)[O-])c2)nc1C. The van der Waals surface area contributed by atoms with Crippen LogP contribution in [-0.2, 0) is 0 Å². The van der Waals surface area contributed by atoms with Crippen LogP contribution in [-0.4, -0.2) is 28.0 Å². The zero-order valence-electron chi connectivity index (χ0n) is 16.5. The summed E-state index contributed by atoms with van der Waals surface area (Å²) in [5.74, 6) is 2.64. The van der Waals surface area contributed by atoms with Gasteiger partial charge in [0, 0.05) is 11.6 Å². The van der Waals surface area contributed by atoms with Crippen molar-refractivity contribution in [1.82, 2.24) is 10.3 Å². The Morgan fingerprint density at radius 2 is 2.14 bits per heavy atom. The number of carbonyl (C=O) groups excluding carboxylic acids is 1. The highest BCUT2D eigenvalue weighted by atomic mass is 32.1. The highest BCUT2D eigenvalue weighted by Gasteiger charge is 2.24. The average molecular weight is 401 g/mol. The lowest BCUT2D eigenvalue weighted by Gasteiger charge is -2.18. The number of thiazole rings is 1. The number of amides is 1. The molecule has 0 spiro atoms. The van der Waals surface area contributed by atoms with Crippen molar-refractivity contribution in [3.63, 3.8) is 0 Å². The van der Waals surface area contributed by atoms with E-state index >= 15 is 0 Å². The standard InChI is InChI=1S/C20H23N3O4S/c1-7-20(5,6)22-18(24)17-13(4)21-19(28-17)14-8-9-16(27-11-12(2)3)15(10-14)23(25)26/h1,8-10,12H,11H2,2-6H3,(H,22,24). The molecule has 1 aromatic heterocycles.